The number of halogens is 1. The van der Waals surface area contributed by atoms with Crippen LogP contribution >= 0.6 is 11.8 Å². The molecule has 0 aliphatic carbocycles. The van der Waals surface area contributed by atoms with Gasteiger partial charge in [0, 0.05) is 17.8 Å². The average Bonchev–Trinajstić information content (AvgIpc) is 3.03. The average molecular weight is 372 g/mol. The number of unbranched alkanes of at least 4 members (excludes halogenated alkanes) is 1. The van der Waals surface area contributed by atoms with E-state index in [2.05, 4.69) is 12.2 Å². The van der Waals surface area contributed by atoms with Gasteiger partial charge in [0.1, 0.15) is 11.2 Å². The Kier molecular flexibility index (Phi) is 5.93. The van der Waals surface area contributed by atoms with Crippen molar-refractivity contribution in [3.63, 3.8) is 0 Å². The van der Waals surface area contributed by atoms with Gasteiger partial charge in [-0.3, -0.25) is 14.5 Å². The van der Waals surface area contributed by atoms with Gasteiger partial charge in [0.25, 0.3) is 0 Å². The van der Waals surface area contributed by atoms with Crippen molar-refractivity contribution in [2.45, 2.75) is 31.6 Å². The summed E-state index contributed by atoms with van der Waals surface area (Å²) in [4.78, 5) is 25.8. The van der Waals surface area contributed by atoms with Crippen molar-refractivity contribution in [1.82, 2.24) is 0 Å². The molecule has 3 rings (SSSR count). The Labute approximate surface area is 156 Å². The molecule has 0 unspecified atom stereocenters. The van der Waals surface area contributed by atoms with Crippen molar-refractivity contribution in [3.05, 3.63) is 59.9 Å². The molecule has 136 valence electrons. The predicted molar refractivity (Wildman–Crippen MR) is 104 cm³/mol. The van der Waals surface area contributed by atoms with Crippen LogP contribution in [0.5, 0.6) is 0 Å². The number of amides is 2. The molecule has 2 aromatic carbocycles. The number of carbonyl (C=O) groups is 2. The Morgan fingerprint density at radius 3 is 2.54 bits per heavy atom. The molecular formula is C20H21FN2O2S. The second-order valence-electron chi connectivity index (χ2n) is 6.18. The van der Waals surface area contributed by atoms with Crippen molar-refractivity contribution in [3.8, 4) is 0 Å². The van der Waals surface area contributed by atoms with E-state index < -0.39 is 0 Å². The van der Waals surface area contributed by atoms with Crippen LogP contribution in [0.1, 0.15) is 37.1 Å². The maximum Gasteiger partial charge on any atom is 0.238 e. The van der Waals surface area contributed by atoms with Crippen molar-refractivity contribution in [2.24, 2.45) is 0 Å². The molecular weight excluding hydrogens is 351 g/mol. The maximum absolute atomic E-state index is 13.2. The van der Waals surface area contributed by atoms with Gasteiger partial charge in [-0.1, -0.05) is 25.5 Å². The first kappa shape index (κ1) is 18.5. The monoisotopic (exact) mass is 372 g/mol. The molecule has 1 fully saturated rings. The number of hydrogen-bond donors (Lipinski definition) is 1. The van der Waals surface area contributed by atoms with Gasteiger partial charge in [-0.25, -0.2) is 4.39 Å². The minimum Gasteiger partial charge on any atom is -0.326 e. The van der Waals surface area contributed by atoms with Gasteiger partial charge < -0.3 is 5.32 Å². The predicted octanol–water partition coefficient (Wildman–Crippen LogP) is 4.73. The largest absolute Gasteiger partial charge is 0.326 e. The number of benzene rings is 2. The van der Waals surface area contributed by atoms with Crippen molar-refractivity contribution >= 4 is 35.0 Å². The number of nitrogens with zero attached hydrogens (tertiary/aromatic N) is 1. The Balaban J connectivity index is 1.74. The lowest BCUT2D eigenvalue weighted by atomic mass is 10.1. The quantitative estimate of drug-likeness (QED) is 0.797. The first-order chi connectivity index (χ1) is 12.6. The molecule has 1 N–H and O–H groups in total. The number of rotatable bonds is 6. The Morgan fingerprint density at radius 1 is 1.19 bits per heavy atom. The summed E-state index contributed by atoms with van der Waals surface area (Å²) in [5, 5.41) is 2.73. The zero-order chi connectivity index (χ0) is 18.5. The van der Waals surface area contributed by atoms with Crippen LogP contribution in [0, 0.1) is 5.82 Å². The van der Waals surface area contributed by atoms with Gasteiger partial charge >= 0.3 is 0 Å². The maximum atomic E-state index is 13.2. The summed E-state index contributed by atoms with van der Waals surface area (Å²) in [7, 11) is 0. The van der Waals surface area contributed by atoms with Crippen molar-refractivity contribution in [2.75, 3.05) is 16.0 Å². The number of nitrogens with one attached hydrogen (secondary N) is 1. The first-order valence-electron chi connectivity index (χ1n) is 8.67. The molecule has 0 radical (unpaired) electrons. The fourth-order valence-corrected chi connectivity index (χ4v) is 4.02. The third kappa shape index (κ3) is 4.25. The lowest BCUT2D eigenvalue weighted by molar-refractivity contribution is -0.116. The molecule has 0 bridgehead atoms. The van der Waals surface area contributed by atoms with E-state index in [1.807, 2.05) is 24.3 Å². The van der Waals surface area contributed by atoms with Crippen molar-refractivity contribution in [1.29, 1.82) is 0 Å². The highest BCUT2D eigenvalue weighted by Crippen LogP contribution is 2.41. The summed E-state index contributed by atoms with van der Waals surface area (Å²) in [5.41, 5.74) is 2.40. The Bertz CT molecular complexity index is 777. The summed E-state index contributed by atoms with van der Waals surface area (Å²) < 4.78 is 13.2. The smallest absolute Gasteiger partial charge is 0.238 e. The standard InChI is InChI=1S/C20H21FN2O2S/c1-2-3-4-18(24)22-16-9-5-14(6-10-16)20-23(19(25)13-26-20)17-11-7-15(21)8-12-17/h5-12,20H,2-4,13H2,1H3,(H,22,24)/t20-/m1/s1. The lowest BCUT2D eigenvalue weighted by Gasteiger charge is -2.24. The van der Waals surface area contributed by atoms with Crippen LogP contribution in [0.3, 0.4) is 0 Å². The number of thioether (sulfide) groups is 1. The normalized spacial score (nSPS) is 16.8. The van der Waals surface area contributed by atoms with E-state index in [0.717, 1.165) is 24.1 Å². The molecule has 26 heavy (non-hydrogen) atoms. The lowest BCUT2D eigenvalue weighted by Crippen LogP contribution is -2.27. The molecule has 4 nitrogen and oxygen atoms in total. The van der Waals surface area contributed by atoms with Crippen LogP contribution in [0.2, 0.25) is 0 Å². The molecule has 0 spiro atoms. The van der Waals surface area contributed by atoms with E-state index in [-0.39, 0.29) is 23.0 Å². The molecule has 1 aliphatic heterocycles. The van der Waals surface area contributed by atoms with Crippen LogP contribution in [-0.4, -0.2) is 17.6 Å². The van der Waals surface area contributed by atoms with Gasteiger partial charge in [0.2, 0.25) is 11.8 Å². The second-order valence-corrected chi connectivity index (χ2v) is 7.25. The molecule has 1 heterocycles. The zero-order valence-electron chi connectivity index (χ0n) is 14.6. The summed E-state index contributed by atoms with van der Waals surface area (Å²) >= 11 is 1.54. The minimum absolute atomic E-state index is 0.00329. The molecule has 6 heteroatoms. The van der Waals surface area contributed by atoms with Gasteiger partial charge in [0.15, 0.2) is 0 Å². The van der Waals surface area contributed by atoms with Crippen LogP contribution in [0.4, 0.5) is 15.8 Å². The third-order valence-corrected chi connectivity index (χ3v) is 5.42. The number of anilines is 2. The van der Waals surface area contributed by atoms with E-state index >= 15 is 0 Å². The summed E-state index contributed by atoms with van der Waals surface area (Å²) in [6.45, 7) is 2.05. The fourth-order valence-electron chi connectivity index (χ4n) is 2.84. The highest BCUT2D eigenvalue weighted by atomic mass is 32.2. The van der Waals surface area contributed by atoms with Crippen LogP contribution in [-0.2, 0) is 9.59 Å². The second kappa shape index (κ2) is 8.36. The summed E-state index contributed by atoms with van der Waals surface area (Å²) in [6, 6.07) is 13.5. The first-order valence-corrected chi connectivity index (χ1v) is 9.72. The third-order valence-electron chi connectivity index (χ3n) is 4.21. The van der Waals surface area contributed by atoms with E-state index in [9.17, 15) is 14.0 Å². The van der Waals surface area contributed by atoms with Crippen LogP contribution in [0.25, 0.3) is 0 Å². The number of hydrogen-bond acceptors (Lipinski definition) is 3. The van der Waals surface area contributed by atoms with E-state index in [1.165, 1.54) is 23.9 Å². The van der Waals surface area contributed by atoms with Crippen molar-refractivity contribution < 1.29 is 14.0 Å². The minimum atomic E-state index is -0.326. The van der Waals surface area contributed by atoms with Gasteiger partial charge in [-0.2, -0.15) is 0 Å². The molecule has 0 aromatic heterocycles. The van der Waals surface area contributed by atoms with Crippen LogP contribution < -0.4 is 10.2 Å². The molecule has 2 aromatic rings. The summed E-state index contributed by atoms with van der Waals surface area (Å²) in [5.74, 6) is 0.0756. The molecule has 1 atom stereocenters. The Morgan fingerprint density at radius 2 is 1.88 bits per heavy atom. The Hall–Kier alpha value is -2.34. The van der Waals surface area contributed by atoms with Gasteiger partial charge in [-0.15, -0.1) is 11.8 Å². The molecule has 1 saturated heterocycles. The molecule has 1 aliphatic rings. The van der Waals surface area contributed by atoms with Gasteiger partial charge in [0.05, 0.1) is 5.75 Å². The zero-order valence-corrected chi connectivity index (χ0v) is 15.4. The van der Waals surface area contributed by atoms with Gasteiger partial charge in [-0.05, 0) is 48.4 Å². The highest BCUT2D eigenvalue weighted by Gasteiger charge is 2.33. The summed E-state index contributed by atoms with van der Waals surface area (Å²) in [6.07, 6.45) is 2.37. The van der Waals surface area contributed by atoms with Crippen LogP contribution in [0.15, 0.2) is 48.5 Å². The molecule has 2 amide bonds. The van der Waals surface area contributed by atoms with E-state index in [1.54, 1.807) is 17.0 Å². The van der Waals surface area contributed by atoms with E-state index in [4.69, 9.17) is 0 Å². The SMILES string of the molecule is CCCCC(=O)Nc1ccc([C@H]2SCC(=O)N2c2ccc(F)cc2)cc1. The topological polar surface area (TPSA) is 49.4 Å². The number of carbonyl (C=O) groups excluding carboxylic acids is 2. The fraction of sp³-hybridized carbons (Fsp3) is 0.300. The van der Waals surface area contributed by atoms with E-state index in [0.29, 0.717) is 17.9 Å². The molecule has 0 saturated carbocycles. The highest BCUT2D eigenvalue weighted by molar-refractivity contribution is 8.00.